The lowest BCUT2D eigenvalue weighted by Gasteiger charge is -2.27. The van der Waals surface area contributed by atoms with Crippen LogP contribution in [-0.4, -0.2) is 53.6 Å². The first-order valence-electron chi connectivity index (χ1n) is 10.7. The highest BCUT2D eigenvalue weighted by molar-refractivity contribution is 9.10. The highest BCUT2D eigenvalue weighted by Crippen LogP contribution is 2.36. The second-order valence-corrected chi connectivity index (χ2v) is 9.38. The number of nitrogens with zero attached hydrogens (tertiary/aromatic N) is 1. The Morgan fingerprint density at radius 2 is 1.85 bits per heavy atom. The first kappa shape index (κ1) is 27.3. The van der Waals surface area contributed by atoms with Crippen LogP contribution < -0.4 is 21.1 Å². The summed E-state index contributed by atoms with van der Waals surface area (Å²) in [6.45, 7) is 5.30. The van der Waals surface area contributed by atoms with Gasteiger partial charge in [0.05, 0.1) is 29.3 Å². The molecule has 0 fully saturated rings. The lowest BCUT2D eigenvalue weighted by Crippen LogP contribution is -2.29. The van der Waals surface area contributed by atoms with Crippen LogP contribution in [0.15, 0.2) is 58.8 Å². The first-order chi connectivity index (χ1) is 15.7. The number of benzene rings is 2. The lowest BCUT2D eigenvalue weighted by atomic mass is 9.78. The van der Waals surface area contributed by atoms with Crippen molar-refractivity contribution in [2.45, 2.75) is 31.8 Å². The third kappa shape index (κ3) is 8.39. The molecule has 2 aromatic carbocycles. The fourth-order valence-corrected chi connectivity index (χ4v) is 3.71. The number of rotatable bonds is 13. The van der Waals surface area contributed by atoms with Crippen molar-refractivity contribution < 1.29 is 19.7 Å². The van der Waals surface area contributed by atoms with E-state index in [-0.39, 0.29) is 24.5 Å². The maximum absolute atomic E-state index is 9.59. The number of aliphatic hydroxyl groups is 2. The maximum Gasteiger partial charge on any atom is 0.133 e. The van der Waals surface area contributed by atoms with Crippen LogP contribution in [0.25, 0.3) is 0 Å². The Balaban J connectivity index is 1.95. The molecule has 0 radical (unpaired) electrons. The van der Waals surface area contributed by atoms with E-state index in [0.717, 1.165) is 21.3 Å². The Hall–Kier alpha value is -1.97. The molecule has 182 valence electrons. The van der Waals surface area contributed by atoms with Crippen LogP contribution in [-0.2, 0) is 5.41 Å². The van der Waals surface area contributed by atoms with Crippen LogP contribution in [0.4, 0.5) is 0 Å². The average molecular weight is 543 g/mol. The standard InChI is InChI=1S/C24H33BrClN3O4/c1-24(2,18-6-9-23(22(25)12-18)33-16-20(31)13-26)17-4-7-21(8-5-17)32-11-3-10-29(28)14-19(27)15-30/h4-9,12,14,20,30-31H,3,10-11,13,15-16,27-28H2,1-2H3/b19-14-. The fourth-order valence-electron chi connectivity index (χ4n) is 3.13. The van der Waals surface area contributed by atoms with Gasteiger partial charge in [0.25, 0.3) is 0 Å². The van der Waals surface area contributed by atoms with E-state index in [1.807, 2.05) is 30.3 Å². The van der Waals surface area contributed by atoms with Gasteiger partial charge in [-0.05, 0) is 51.3 Å². The van der Waals surface area contributed by atoms with Gasteiger partial charge in [-0.25, -0.2) is 5.84 Å². The molecule has 0 aromatic heterocycles. The Morgan fingerprint density at radius 1 is 1.18 bits per heavy atom. The molecule has 2 aromatic rings. The van der Waals surface area contributed by atoms with Crippen LogP contribution in [0.2, 0.25) is 0 Å². The van der Waals surface area contributed by atoms with E-state index in [1.165, 1.54) is 11.2 Å². The van der Waals surface area contributed by atoms with E-state index in [9.17, 15) is 5.11 Å². The molecular weight excluding hydrogens is 510 g/mol. The van der Waals surface area contributed by atoms with Gasteiger partial charge in [-0.1, -0.05) is 32.0 Å². The molecule has 0 bridgehead atoms. The van der Waals surface area contributed by atoms with E-state index in [0.29, 0.717) is 31.0 Å². The van der Waals surface area contributed by atoms with E-state index < -0.39 is 6.10 Å². The zero-order valence-corrected chi connectivity index (χ0v) is 21.3. The molecule has 1 unspecified atom stereocenters. The van der Waals surface area contributed by atoms with Crippen LogP contribution in [0.1, 0.15) is 31.4 Å². The SMILES string of the molecule is CC(C)(c1ccc(OCCCN(N)/C=C(\N)CO)cc1)c1ccc(OCC(O)CCl)c(Br)c1. The van der Waals surface area contributed by atoms with E-state index in [4.69, 9.17) is 37.8 Å². The quantitative estimate of drug-likeness (QED) is 0.133. The number of hydrazine groups is 1. The number of aliphatic hydroxyl groups excluding tert-OH is 2. The summed E-state index contributed by atoms with van der Waals surface area (Å²) in [4.78, 5) is 0. The monoisotopic (exact) mass is 541 g/mol. The van der Waals surface area contributed by atoms with Gasteiger partial charge < -0.3 is 30.4 Å². The predicted molar refractivity (Wildman–Crippen MR) is 135 cm³/mol. The number of ether oxygens (including phenoxy) is 2. The molecule has 1 atom stereocenters. The molecule has 33 heavy (non-hydrogen) atoms. The zero-order valence-electron chi connectivity index (χ0n) is 19.0. The molecule has 0 spiro atoms. The molecule has 0 aliphatic rings. The summed E-state index contributed by atoms with van der Waals surface area (Å²) in [6.07, 6.45) is 1.52. The molecule has 9 heteroatoms. The van der Waals surface area contributed by atoms with Crippen LogP contribution in [0.3, 0.4) is 0 Å². The average Bonchev–Trinajstić information content (AvgIpc) is 2.80. The van der Waals surface area contributed by atoms with Crippen LogP contribution in [0.5, 0.6) is 11.5 Å². The van der Waals surface area contributed by atoms with E-state index >= 15 is 0 Å². The minimum absolute atomic E-state index is 0.130. The summed E-state index contributed by atoms with van der Waals surface area (Å²) < 4.78 is 12.3. The summed E-state index contributed by atoms with van der Waals surface area (Å²) >= 11 is 9.18. The highest BCUT2D eigenvalue weighted by atomic mass is 79.9. The van der Waals surface area contributed by atoms with Gasteiger partial charge in [0.1, 0.15) is 24.2 Å². The number of halogens is 2. The summed E-state index contributed by atoms with van der Waals surface area (Å²) in [7, 11) is 0. The molecule has 0 saturated heterocycles. The molecule has 6 N–H and O–H groups in total. The van der Waals surface area contributed by atoms with Crippen molar-refractivity contribution in [2.75, 3.05) is 32.2 Å². The molecule has 0 amide bonds. The maximum atomic E-state index is 9.59. The molecule has 7 nitrogen and oxygen atoms in total. The third-order valence-corrected chi connectivity index (χ3v) is 6.16. The molecule has 0 aliphatic heterocycles. The van der Waals surface area contributed by atoms with Crippen molar-refractivity contribution >= 4 is 27.5 Å². The molecular formula is C24H33BrClN3O4. The van der Waals surface area contributed by atoms with Crippen molar-refractivity contribution in [3.63, 3.8) is 0 Å². The number of nitrogens with two attached hydrogens (primary N) is 2. The fraction of sp³-hybridized carbons (Fsp3) is 0.417. The first-order valence-corrected chi connectivity index (χ1v) is 12.0. The van der Waals surface area contributed by atoms with E-state index in [2.05, 4.69) is 41.9 Å². The number of hydrogen-bond donors (Lipinski definition) is 4. The van der Waals surface area contributed by atoms with Crippen LogP contribution in [0, 0.1) is 0 Å². The second-order valence-electron chi connectivity index (χ2n) is 8.22. The minimum atomic E-state index is -0.702. The van der Waals surface area contributed by atoms with Crippen molar-refractivity contribution in [3.8, 4) is 11.5 Å². The zero-order chi connectivity index (χ0) is 24.4. The number of alkyl halides is 1. The van der Waals surface area contributed by atoms with Gasteiger partial charge in [-0.15, -0.1) is 11.6 Å². The van der Waals surface area contributed by atoms with Gasteiger partial charge in [-0.2, -0.15) is 0 Å². The Kier molecular flexibility index (Phi) is 10.8. The Bertz CT molecular complexity index is 909. The van der Waals surface area contributed by atoms with Crippen molar-refractivity contribution in [2.24, 2.45) is 11.6 Å². The minimum Gasteiger partial charge on any atom is -0.494 e. The van der Waals surface area contributed by atoms with Gasteiger partial charge in [0.15, 0.2) is 0 Å². The summed E-state index contributed by atoms with van der Waals surface area (Å²) in [5.41, 5.74) is 7.88. The largest absolute Gasteiger partial charge is 0.494 e. The molecule has 2 rings (SSSR count). The smallest absolute Gasteiger partial charge is 0.133 e. The van der Waals surface area contributed by atoms with Crippen molar-refractivity contribution in [1.82, 2.24) is 5.01 Å². The van der Waals surface area contributed by atoms with Crippen molar-refractivity contribution in [1.29, 1.82) is 0 Å². The summed E-state index contributed by atoms with van der Waals surface area (Å²) in [6, 6.07) is 14.0. The van der Waals surface area contributed by atoms with Gasteiger partial charge in [0, 0.05) is 24.6 Å². The normalized spacial score (nSPS) is 13.0. The Labute approximate surface area is 209 Å². The topological polar surface area (TPSA) is 114 Å². The van der Waals surface area contributed by atoms with Gasteiger partial charge in [0.2, 0.25) is 0 Å². The highest BCUT2D eigenvalue weighted by Gasteiger charge is 2.24. The molecule has 0 saturated carbocycles. The number of hydrogen-bond acceptors (Lipinski definition) is 7. The Morgan fingerprint density at radius 3 is 2.45 bits per heavy atom. The third-order valence-electron chi connectivity index (χ3n) is 5.18. The summed E-state index contributed by atoms with van der Waals surface area (Å²) in [5, 5.41) is 19.9. The van der Waals surface area contributed by atoms with E-state index in [1.54, 1.807) is 0 Å². The summed E-state index contributed by atoms with van der Waals surface area (Å²) in [5.74, 6) is 7.37. The van der Waals surface area contributed by atoms with Gasteiger partial charge in [-0.3, -0.25) is 0 Å². The second kappa shape index (κ2) is 13.1. The van der Waals surface area contributed by atoms with Gasteiger partial charge >= 0.3 is 0 Å². The van der Waals surface area contributed by atoms with Crippen LogP contribution >= 0.6 is 27.5 Å². The molecule has 0 aliphatic carbocycles. The van der Waals surface area contributed by atoms with Crippen molar-refractivity contribution in [3.05, 3.63) is 70.0 Å². The molecule has 0 heterocycles. The lowest BCUT2D eigenvalue weighted by molar-refractivity contribution is 0.125. The predicted octanol–water partition coefficient (Wildman–Crippen LogP) is 3.49.